The summed E-state index contributed by atoms with van der Waals surface area (Å²) in [5.74, 6) is -0.572. The highest BCUT2D eigenvalue weighted by molar-refractivity contribution is 5.98. The molecule has 0 bridgehead atoms. The number of carbonyl (C=O) groups is 2. The summed E-state index contributed by atoms with van der Waals surface area (Å²) >= 11 is 0. The van der Waals surface area contributed by atoms with Crippen LogP contribution >= 0.6 is 0 Å². The molecule has 4 nitrogen and oxygen atoms in total. The van der Waals surface area contributed by atoms with Crippen molar-refractivity contribution in [1.29, 1.82) is 0 Å². The number of halogens is 1. The standard InChI is InChI=1S/C17H21FN2O2/c18-15-10-11(9-13-2-4-16(21)20-17(13)22)1-3-14(15)12-5-7-19-8-6-12/h1,3,10,12-13,19H,2,4-9H2,(H,20,21,22). The lowest BCUT2D eigenvalue weighted by Gasteiger charge is -2.24. The van der Waals surface area contributed by atoms with Crippen molar-refractivity contribution in [3.8, 4) is 0 Å². The third-order valence-corrected chi connectivity index (χ3v) is 4.68. The molecular weight excluding hydrogens is 283 g/mol. The van der Waals surface area contributed by atoms with Crippen molar-refractivity contribution in [3.63, 3.8) is 0 Å². The van der Waals surface area contributed by atoms with E-state index in [1.165, 1.54) is 0 Å². The summed E-state index contributed by atoms with van der Waals surface area (Å²) in [5, 5.41) is 5.63. The lowest BCUT2D eigenvalue weighted by Crippen LogP contribution is -2.41. The summed E-state index contributed by atoms with van der Waals surface area (Å²) in [4.78, 5) is 22.9. The zero-order chi connectivity index (χ0) is 15.5. The lowest BCUT2D eigenvalue weighted by molar-refractivity contribution is -0.136. The molecule has 1 unspecified atom stereocenters. The number of hydrogen-bond donors (Lipinski definition) is 2. The minimum Gasteiger partial charge on any atom is -0.317 e. The first-order chi connectivity index (χ1) is 10.6. The number of hydrogen-bond acceptors (Lipinski definition) is 3. The van der Waals surface area contributed by atoms with E-state index >= 15 is 0 Å². The van der Waals surface area contributed by atoms with Gasteiger partial charge in [-0.05, 0) is 61.9 Å². The molecule has 22 heavy (non-hydrogen) atoms. The molecule has 2 heterocycles. The Balaban J connectivity index is 1.69. The molecule has 1 atom stereocenters. The molecule has 118 valence electrons. The second-order valence-electron chi connectivity index (χ2n) is 6.23. The van der Waals surface area contributed by atoms with E-state index in [0.717, 1.165) is 37.1 Å². The van der Waals surface area contributed by atoms with Crippen LogP contribution in [0.5, 0.6) is 0 Å². The smallest absolute Gasteiger partial charge is 0.230 e. The third kappa shape index (κ3) is 3.35. The Bertz CT molecular complexity index is 582. The minimum atomic E-state index is -0.237. The van der Waals surface area contributed by atoms with Gasteiger partial charge in [0.2, 0.25) is 11.8 Å². The van der Waals surface area contributed by atoms with E-state index in [1.807, 2.05) is 12.1 Å². The third-order valence-electron chi connectivity index (χ3n) is 4.68. The maximum Gasteiger partial charge on any atom is 0.230 e. The summed E-state index contributed by atoms with van der Waals surface area (Å²) in [6.07, 6.45) is 3.32. The highest BCUT2D eigenvalue weighted by Crippen LogP contribution is 2.29. The monoisotopic (exact) mass is 304 g/mol. The molecule has 2 N–H and O–H groups in total. The topological polar surface area (TPSA) is 58.2 Å². The van der Waals surface area contributed by atoms with Gasteiger partial charge in [-0.1, -0.05) is 12.1 Å². The van der Waals surface area contributed by atoms with Crippen LogP contribution in [0.1, 0.15) is 42.7 Å². The predicted molar refractivity (Wildman–Crippen MR) is 80.8 cm³/mol. The van der Waals surface area contributed by atoms with E-state index < -0.39 is 0 Å². The number of amides is 2. The first-order valence-electron chi connectivity index (χ1n) is 7.96. The molecule has 2 saturated heterocycles. The average Bonchev–Trinajstić information content (AvgIpc) is 2.51. The molecule has 2 amide bonds. The SMILES string of the molecule is O=C1CCC(Cc2ccc(C3CCNCC3)c(F)c2)C(=O)N1. The Kier molecular flexibility index (Phi) is 4.52. The summed E-state index contributed by atoms with van der Waals surface area (Å²) in [6, 6.07) is 5.35. The number of rotatable bonds is 3. The van der Waals surface area contributed by atoms with Gasteiger partial charge in [0.1, 0.15) is 5.82 Å². The van der Waals surface area contributed by atoms with Crippen LogP contribution in [0.15, 0.2) is 18.2 Å². The average molecular weight is 304 g/mol. The summed E-state index contributed by atoms with van der Waals surface area (Å²) < 4.78 is 14.4. The first kappa shape index (κ1) is 15.2. The number of imide groups is 1. The van der Waals surface area contributed by atoms with Crippen LogP contribution in [0, 0.1) is 11.7 Å². The molecule has 2 aliphatic rings. The lowest BCUT2D eigenvalue weighted by atomic mass is 9.87. The van der Waals surface area contributed by atoms with Gasteiger partial charge in [0.05, 0.1) is 0 Å². The van der Waals surface area contributed by atoms with E-state index in [4.69, 9.17) is 0 Å². The van der Waals surface area contributed by atoms with E-state index in [9.17, 15) is 14.0 Å². The summed E-state index contributed by atoms with van der Waals surface area (Å²) in [6.45, 7) is 1.87. The first-order valence-corrected chi connectivity index (χ1v) is 7.96. The van der Waals surface area contributed by atoms with Gasteiger partial charge in [-0.2, -0.15) is 0 Å². The Hall–Kier alpha value is -1.75. The van der Waals surface area contributed by atoms with Crippen LogP contribution in [0.3, 0.4) is 0 Å². The molecule has 5 heteroatoms. The number of benzene rings is 1. The largest absolute Gasteiger partial charge is 0.317 e. The van der Waals surface area contributed by atoms with Crippen LogP contribution in [0.2, 0.25) is 0 Å². The second kappa shape index (κ2) is 6.57. The van der Waals surface area contributed by atoms with Crippen molar-refractivity contribution >= 4 is 11.8 Å². The van der Waals surface area contributed by atoms with Crippen LogP contribution in [-0.2, 0) is 16.0 Å². The normalized spacial score (nSPS) is 23.4. The fourth-order valence-electron chi connectivity index (χ4n) is 3.38. The summed E-state index contributed by atoms with van der Waals surface area (Å²) in [5.41, 5.74) is 1.61. The fraction of sp³-hybridized carbons (Fsp3) is 0.529. The van der Waals surface area contributed by atoms with Crippen molar-refractivity contribution in [3.05, 3.63) is 35.1 Å². The highest BCUT2D eigenvalue weighted by atomic mass is 19.1. The molecule has 0 aliphatic carbocycles. The van der Waals surface area contributed by atoms with E-state index in [1.54, 1.807) is 6.07 Å². The van der Waals surface area contributed by atoms with Crippen molar-refractivity contribution in [2.75, 3.05) is 13.1 Å². The van der Waals surface area contributed by atoms with Crippen molar-refractivity contribution in [2.24, 2.45) is 5.92 Å². The van der Waals surface area contributed by atoms with Crippen LogP contribution in [0.25, 0.3) is 0 Å². The van der Waals surface area contributed by atoms with Crippen LogP contribution in [-0.4, -0.2) is 24.9 Å². The Morgan fingerprint density at radius 3 is 2.59 bits per heavy atom. The maximum absolute atomic E-state index is 14.4. The van der Waals surface area contributed by atoms with E-state index in [2.05, 4.69) is 10.6 Å². The molecule has 1 aromatic carbocycles. The van der Waals surface area contributed by atoms with E-state index in [-0.39, 0.29) is 29.5 Å². The number of carbonyl (C=O) groups excluding carboxylic acids is 2. The van der Waals surface area contributed by atoms with E-state index in [0.29, 0.717) is 19.3 Å². The van der Waals surface area contributed by atoms with Gasteiger partial charge in [0.15, 0.2) is 0 Å². The predicted octanol–water partition coefficient (Wildman–Crippen LogP) is 1.89. The fourth-order valence-corrected chi connectivity index (χ4v) is 3.38. The molecule has 0 aromatic heterocycles. The molecule has 0 spiro atoms. The Labute approximate surface area is 129 Å². The maximum atomic E-state index is 14.4. The number of piperidine rings is 2. The van der Waals surface area contributed by atoms with Gasteiger partial charge in [0.25, 0.3) is 0 Å². The van der Waals surface area contributed by atoms with Gasteiger partial charge in [-0.25, -0.2) is 4.39 Å². The van der Waals surface area contributed by atoms with Gasteiger partial charge in [0, 0.05) is 12.3 Å². The van der Waals surface area contributed by atoms with Crippen molar-refractivity contribution < 1.29 is 14.0 Å². The van der Waals surface area contributed by atoms with Gasteiger partial charge in [-0.15, -0.1) is 0 Å². The molecule has 0 radical (unpaired) electrons. The van der Waals surface area contributed by atoms with Gasteiger partial charge >= 0.3 is 0 Å². The second-order valence-corrected chi connectivity index (χ2v) is 6.23. The van der Waals surface area contributed by atoms with Crippen LogP contribution in [0.4, 0.5) is 4.39 Å². The van der Waals surface area contributed by atoms with Crippen LogP contribution < -0.4 is 10.6 Å². The quantitative estimate of drug-likeness (QED) is 0.839. The van der Waals surface area contributed by atoms with Crippen molar-refractivity contribution in [2.45, 2.75) is 38.0 Å². The number of nitrogens with one attached hydrogen (secondary N) is 2. The Morgan fingerprint density at radius 1 is 1.14 bits per heavy atom. The molecule has 0 saturated carbocycles. The highest BCUT2D eigenvalue weighted by Gasteiger charge is 2.27. The molecule has 1 aromatic rings. The van der Waals surface area contributed by atoms with Gasteiger partial charge in [-0.3, -0.25) is 14.9 Å². The zero-order valence-corrected chi connectivity index (χ0v) is 12.5. The Morgan fingerprint density at radius 2 is 1.91 bits per heavy atom. The molecular formula is C17H21FN2O2. The van der Waals surface area contributed by atoms with Gasteiger partial charge < -0.3 is 5.32 Å². The van der Waals surface area contributed by atoms with Crippen molar-refractivity contribution in [1.82, 2.24) is 10.6 Å². The molecule has 2 fully saturated rings. The molecule has 2 aliphatic heterocycles. The summed E-state index contributed by atoms with van der Waals surface area (Å²) in [7, 11) is 0. The zero-order valence-electron chi connectivity index (χ0n) is 12.5. The molecule has 3 rings (SSSR count). The minimum absolute atomic E-state index is 0.170.